The zero-order valence-electron chi connectivity index (χ0n) is 13.1. The van der Waals surface area contributed by atoms with E-state index >= 15 is 0 Å². The smallest absolute Gasteiger partial charge is 0.279 e. The fourth-order valence-corrected chi connectivity index (χ4v) is 2.40. The first-order valence-electron chi connectivity index (χ1n) is 7.21. The van der Waals surface area contributed by atoms with E-state index in [0.717, 1.165) is 4.90 Å². The molecule has 5 nitrogen and oxygen atoms in total. The van der Waals surface area contributed by atoms with E-state index in [1.807, 2.05) is 13.8 Å². The number of hydrogen-bond acceptors (Lipinski definition) is 2. The molecule has 1 atom stereocenters. The van der Waals surface area contributed by atoms with Crippen LogP contribution in [0.3, 0.4) is 0 Å². The number of likely N-dealkylation sites (N-methyl/N-ethyl adjacent to an activating group) is 2. The van der Waals surface area contributed by atoms with Gasteiger partial charge in [0.25, 0.3) is 11.8 Å². The summed E-state index contributed by atoms with van der Waals surface area (Å²) in [5.74, 6) is -0.823. The molecule has 0 aliphatic carbocycles. The molecular formula is C15H22BrFN3O2+. The van der Waals surface area contributed by atoms with Gasteiger partial charge in [0.05, 0.1) is 12.7 Å². The molecule has 22 heavy (non-hydrogen) atoms. The molecule has 1 rings (SSSR count). The summed E-state index contributed by atoms with van der Waals surface area (Å²) >= 11 is 3.16. The summed E-state index contributed by atoms with van der Waals surface area (Å²) < 4.78 is 14.3. The molecule has 0 aromatic heterocycles. The van der Waals surface area contributed by atoms with Crippen LogP contribution >= 0.6 is 15.9 Å². The molecule has 0 radical (unpaired) electrons. The molecule has 0 saturated heterocycles. The number of benzene rings is 1. The number of carbonyl (C=O) groups excluding carboxylic acids is 2. The Balaban J connectivity index is 2.52. The van der Waals surface area contributed by atoms with Crippen molar-refractivity contribution in [2.24, 2.45) is 0 Å². The van der Waals surface area contributed by atoms with Gasteiger partial charge < -0.3 is 15.1 Å². The molecule has 2 N–H and O–H groups in total. The lowest BCUT2D eigenvalue weighted by molar-refractivity contribution is -0.862. The Morgan fingerprint density at radius 1 is 1.27 bits per heavy atom. The molecule has 1 unspecified atom stereocenters. The fraction of sp³-hybridized carbons (Fsp3) is 0.467. The zero-order chi connectivity index (χ0) is 16.7. The Labute approximate surface area is 138 Å². The summed E-state index contributed by atoms with van der Waals surface area (Å²) in [4.78, 5) is 26.3. The standard InChI is InChI=1S/C15H21BrFN3O2/c1-4-20(5-2)15(22)10-19(3)9-14(21)18-13-7-6-11(16)8-12(13)17/h6-8H,4-5,9-10H2,1-3H3,(H,18,21)/p+1. The SMILES string of the molecule is CCN(CC)C(=O)C[NH+](C)CC(=O)Nc1ccc(Br)cc1F. The molecule has 0 spiro atoms. The maximum absolute atomic E-state index is 13.6. The summed E-state index contributed by atoms with van der Waals surface area (Å²) in [6.45, 7) is 5.47. The first kappa shape index (κ1) is 18.6. The van der Waals surface area contributed by atoms with Crippen molar-refractivity contribution in [1.82, 2.24) is 4.90 Å². The Kier molecular flexibility index (Phi) is 7.47. The van der Waals surface area contributed by atoms with Crippen molar-refractivity contribution in [2.45, 2.75) is 13.8 Å². The van der Waals surface area contributed by atoms with Crippen LogP contribution in [0, 0.1) is 5.82 Å². The van der Waals surface area contributed by atoms with Crippen LogP contribution in [0.4, 0.5) is 10.1 Å². The number of rotatable bonds is 7. The van der Waals surface area contributed by atoms with Crippen LogP contribution in [0.15, 0.2) is 22.7 Å². The van der Waals surface area contributed by atoms with E-state index in [-0.39, 0.29) is 30.6 Å². The highest BCUT2D eigenvalue weighted by Crippen LogP contribution is 2.18. The number of quaternary nitrogens is 1. The summed E-state index contributed by atoms with van der Waals surface area (Å²) in [6.07, 6.45) is 0. The van der Waals surface area contributed by atoms with Gasteiger partial charge in [-0.3, -0.25) is 9.59 Å². The summed E-state index contributed by atoms with van der Waals surface area (Å²) in [6, 6.07) is 4.43. The van der Waals surface area contributed by atoms with Gasteiger partial charge in [0.1, 0.15) is 5.82 Å². The normalized spacial score (nSPS) is 11.9. The average molecular weight is 375 g/mol. The summed E-state index contributed by atoms with van der Waals surface area (Å²) in [5.41, 5.74) is 0.135. The fourth-order valence-electron chi connectivity index (χ4n) is 2.07. The summed E-state index contributed by atoms with van der Waals surface area (Å²) in [7, 11) is 1.76. The highest BCUT2D eigenvalue weighted by atomic mass is 79.9. The maximum atomic E-state index is 13.6. The maximum Gasteiger partial charge on any atom is 0.279 e. The van der Waals surface area contributed by atoms with Crippen LogP contribution in [0.2, 0.25) is 0 Å². The largest absolute Gasteiger partial charge is 0.338 e. The third-order valence-electron chi connectivity index (χ3n) is 3.24. The first-order chi connectivity index (χ1) is 10.4. The van der Waals surface area contributed by atoms with E-state index in [4.69, 9.17) is 0 Å². The van der Waals surface area contributed by atoms with Gasteiger partial charge in [-0.05, 0) is 32.0 Å². The Morgan fingerprint density at radius 3 is 2.45 bits per heavy atom. The molecule has 0 aliphatic heterocycles. The average Bonchev–Trinajstić information content (AvgIpc) is 2.43. The monoisotopic (exact) mass is 374 g/mol. The van der Waals surface area contributed by atoms with Crippen molar-refractivity contribution >= 4 is 33.4 Å². The second kappa shape index (κ2) is 8.85. The number of halogens is 2. The molecule has 0 aliphatic rings. The Bertz CT molecular complexity index is 536. The molecule has 0 fully saturated rings. The van der Waals surface area contributed by atoms with Crippen LogP contribution in [-0.4, -0.2) is 49.9 Å². The minimum atomic E-state index is -0.500. The van der Waals surface area contributed by atoms with Crippen LogP contribution in [0.1, 0.15) is 13.8 Å². The van der Waals surface area contributed by atoms with E-state index in [2.05, 4.69) is 21.2 Å². The number of carbonyl (C=O) groups is 2. The molecule has 0 heterocycles. The minimum absolute atomic E-state index is 0.00474. The number of anilines is 1. The Morgan fingerprint density at radius 2 is 1.91 bits per heavy atom. The lowest BCUT2D eigenvalue weighted by Crippen LogP contribution is -3.11. The predicted molar refractivity (Wildman–Crippen MR) is 87.3 cm³/mol. The molecular weight excluding hydrogens is 353 g/mol. The van der Waals surface area contributed by atoms with E-state index in [9.17, 15) is 14.0 Å². The van der Waals surface area contributed by atoms with Gasteiger partial charge in [0.15, 0.2) is 13.1 Å². The highest BCUT2D eigenvalue weighted by Gasteiger charge is 2.18. The first-order valence-corrected chi connectivity index (χ1v) is 8.00. The molecule has 7 heteroatoms. The van der Waals surface area contributed by atoms with Crippen LogP contribution in [0.5, 0.6) is 0 Å². The molecule has 0 saturated carbocycles. The van der Waals surface area contributed by atoms with Crippen molar-refractivity contribution < 1.29 is 18.9 Å². The molecule has 1 aromatic carbocycles. The van der Waals surface area contributed by atoms with Crippen LogP contribution in [0.25, 0.3) is 0 Å². The van der Waals surface area contributed by atoms with E-state index < -0.39 is 5.82 Å². The zero-order valence-corrected chi connectivity index (χ0v) is 14.7. The predicted octanol–water partition coefficient (Wildman–Crippen LogP) is 0.910. The van der Waals surface area contributed by atoms with E-state index in [1.54, 1.807) is 18.0 Å². The highest BCUT2D eigenvalue weighted by molar-refractivity contribution is 9.10. The number of hydrogen-bond donors (Lipinski definition) is 2. The molecule has 1 aromatic rings. The van der Waals surface area contributed by atoms with Gasteiger partial charge in [-0.2, -0.15) is 0 Å². The van der Waals surface area contributed by atoms with Crippen molar-refractivity contribution in [1.29, 1.82) is 0 Å². The van der Waals surface area contributed by atoms with Gasteiger partial charge in [-0.15, -0.1) is 0 Å². The third-order valence-corrected chi connectivity index (χ3v) is 3.73. The molecule has 122 valence electrons. The topological polar surface area (TPSA) is 53.9 Å². The molecule has 0 bridgehead atoms. The quantitative estimate of drug-likeness (QED) is 0.745. The summed E-state index contributed by atoms with van der Waals surface area (Å²) in [5, 5.41) is 2.52. The lowest BCUT2D eigenvalue weighted by Gasteiger charge is -2.20. The third kappa shape index (κ3) is 5.73. The van der Waals surface area contributed by atoms with Crippen LogP contribution < -0.4 is 10.2 Å². The number of nitrogens with zero attached hydrogens (tertiary/aromatic N) is 1. The second-order valence-electron chi connectivity index (χ2n) is 5.05. The van der Waals surface area contributed by atoms with Crippen molar-refractivity contribution in [3.05, 3.63) is 28.5 Å². The number of nitrogens with one attached hydrogen (secondary N) is 2. The minimum Gasteiger partial charge on any atom is -0.338 e. The van der Waals surface area contributed by atoms with Crippen molar-refractivity contribution in [2.75, 3.05) is 38.5 Å². The van der Waals surface area contributed by atoms with Crippen LogP contribution in [-0.2, 0) is 9.59 Å². The number of amides is 2. The van der Waals surface area contributed by atoms with E-state index in [0.29, 0.717) is 17.6 Å². The van der Waals surface area contributed by atoms with Crippen molar-refractivity contribution in [3.63, 3.8) is 0 Å². The lowest BCUT2D eigenvalue weighted by atomic mass is 10.3. The van der Waals surface area contributed by atoms with Gasteiger partial charge in [0.2, 0.25) is 0 Å². The van der Waals surface area contributed by atoms with Gasteiger partial charge in [-0.25, -0.2) is 4.39 Å². The van der Waals surface area contributed by atoms with Crippen molar-refractivity contribution in [3.8, 4) is 0 Å². The van der Waals surface area contributed by atoms with Gasteiger partial charge in [-0.1, -0.05) is 15.9 Å². The van der Waals surface area contributed by atoms with Gasteiger partial charge >= 0.3 is 0 Å². The van der Waals surface area contributed by atoms with Gasteiger partial charge in [0, 0.05) is 17.6 Å². The Hall–Kier alpha value is -1.47. The molecule has 2 amide bonds. The van der Waals surface area contributed by atoms with E-state index in [1.165, 1.54) is 12.1 Å². The second-order valence-corrected chi connectivity index (χ2v) is 5.96.